The first-order valence-electron chi connectivity index (χ1n) is 7.76. The van der Waals surface area contributed by atoms with E-state index in [1.165, 1.54) is 17.0 Å². The highest BCUT2D eigenvalue weighted by atomic mass is 19.1. The SMILES string of the molecule is CC(C)(C)OC(=O)N1CCCC(O)(COc2cccc(F)c2)C1. The summed E-state index contributed by atoms with van der Waals surface area (Å²) in [5.74, 6) is -0.0404. The number of rotatable bonds is 3. The zero-order valence-corrected chi connectivity index (χ0v) is 13.8. The van der Waals surface area contributed by atoms with E-state index in [0.29, 0.717) is 25.1 Å². The van der Waals surface area contributed by atoms with Crippen LogP contribution in [0.2, 0.25) is 0 Å². The number of carbonyl (C=O) groups excluding carboxylic acids is 1. The molecule has 0 spiro atoms. The van der Waals surface area contributed by atoms with E-state index < -0.39 is 23.1 Å². The third kappa shape index (κ3) is 5.39. The van der Waals surface area contributed by atoms with Gasteiger partial charge in [-0.2, -0.15) is 0 Å². The number of ether oxygens (including phenoxy) is 2. The molecule has 1 aliphatic rings. The van der Waals surface area contributed by atoms with E-state index in [1.54, 1.807) is 32.9 Å². The molecule has 1 unspecified atom stereocenters. The number of halogens is 1. The summed E-state index contributed by atoms with van der Waals surface area (Å²) >= 11 is 0. The van der Waals surface area contributed by atoms with Gasteiger partial charge in [-0.1, -0.05) is 6.07 Å². The van der Waals surface area contributed by atoms with Crippen molar-refractivity contribution >= 4 is 6.09 Å². The van der Waals surface area contributed by atoms with Gasteiger partial charge in [-0.25, -0.2) is 9.18 Å². The molecule has 1 N–H and O–H groups in total. The van der Waals surface area contributed by atoms with Gasteiger partial charge in [-0.05, 0) is 45.7 Å². The van der Waals surface area contributed by atoms with Crippen LogP contribution in [0, 0.1) is 5.82 Å². The fraction of sp³-hybridized carbons (Fsp3) is 0.588. The van der Waals surface area contributed by atoms with Crippen LogP contribution >= 0.6 is 0 Å². The molecule has 0 saturated carbocycles. The molecule has 1 aliphatic heterocycles. The number of hydrogen-bond acceptors (Lipinski definition) is 4. The average Bonchev–Trinajstić information content (AvgIpc) is 2.44. The number of hydrogen-bond donors (Lipinski definition) is 1. The lowest BCUT2D eigenvalue weighted by Gasteiger charge is -2.39. The Kier molecular flexibility index (Phi) is 5.14. The maximum Gasteiger partial charge on any atom is 0.410 e. The zero-order valence-electron chi connectivity index (χ0n) is 13.8. The molecule has 1 fully saturated rings. The van der Waals surface area contributed by atoms with Crippen LogP contribution in [-0.4, -0.2) is 47.0 Å². The van der Waals surface area contributed by atoms with Crippen LogP contribution in [0.5, 0.6) is 5.75 Å². The molecule has 0 aromatic heterocycles. The fourth-order valence-electron chi connectivity index (χ4n) is 2.49. The van der Waals surface area contributed by atoms with Crippen LogP contribution in [0.15, 0.2) is 24.3 Å². The van der Waals surface area contributed by atoms with E-state index in [1.807, 2.05) is 0 Å². The van der Waals surface area contributed by atoms with Crippen molar-refractivity contribution in [3.05, 3.63) is 30.1 Å². The van der Waals surface area contributed by atoms with Crippen LogP contribution < -0.4 is 4.74 Å². The molecule has 1 aromatic rings. The topological polar surface area (TPSA) is 59.0 Å². The monoisotopic (exact) mass is 325 g/mol. The van der Waals surface area contributed by atoms with Gasteiger partial charge in [-0.3, -0.25) is 0 Å². The van der Waals surface area contributed by atoms with Crippen molar-refractivity contribution in [1.29, 1.82) is 0 Å². The highest BCUT2D eigenvalue weighted by molar-refractivity contribution is 5.68. The molecule has 128 valence electrons. The van der Waals surface area contributed by atoms with Crippen LogP contribution in [0.1, 0.15) is 33.6 Å². The van der Waals surface area contributed by atoms with E-state index in [9.17, 15) is 14.3 Å². The number of amides is 1. The average molecular weight is 325 g/mol. The molecule has 0 aliphatic carbocycles. The summed E-state index contributed by atoms with van der Waals surface area (Å²) in [5, 5.41) is 10.7. The zero-order chi connectivity index (χ0) is 17.1. The first-order valence-corrected chi connectivity index (χ1v) is 7.76. The van der Waals surface area contributed by atoms with Crippen molar-refractivity contribution in [2.45, 2.75) is 44.8 Å². The Labute approximate surface area is 136 Å². The van der Waals surface area contributed by atoms with E-state index in [4.69, 9.17) is 9.47 Å². The standard InChI is InChI=1S/C17H24FNO4/c1-16(2,3)23-15(20)19-9-5-8-17(21,11-19)12-22-14-7-4-6-13(18)10-14/h4,6-7,10,21H,5,8-9,11-12H2,1-3H3. The lowest BCUT2D eigenvalue weighted by Crippen LogP contribution is -2.54. The lowest BCUT2D eigenvalue weighted by atomic mass is 9.94. The first-order chi connectivity index (χ1) is 10.7. The maximum absolute atomic E-state index is 13.1. The van der Waals surface area contributed by atoms with Crippen LogP contribution in [0.25, 0.3) is 0 Å². The Balaban J connectivity index is 1.94. The largest absolute Gasteiger partial charge is 0.490 e. The number of benzene rings is 1. The quantitative estimate of drug-likeness (QED) is 0.928. The van der Waals surface area contributed by atoms with Gasteiger partial charge in [0.05, 0.1) is 6.54 Å². The van der Waals surface area contributed by atoms with Crippen molar-refractivity contribution in [3.8, 4) is 5.75 Å². The summed E-state index contributed by atoms with van der Waals surface area (Å²) in [7, 11) is 0. The van der Waals surface area contributed by atoms with E-state index >= 15 is 0 Å². The van der Waals surface area contributed by atoms with E-state index in [-0.39, 0.29) is 13.2 Å². The maximum atomic E-state index is 13.1. The molecule has 1 amide bonds. The number of β-amino-alcohol motifs (C(OH)–C–C–N with tert-alkyl or cyclic N) is 1. The first kappa shape index (κ1) is 17.5. The number of carbonyl (C=O) groups is 1. The molecule has 5 nitrogen and oxygen atoms in total. The summed E-state index contributed by atoms with van der Waals surface area (Å²) < 4.78 is 24.0. The van der Waals surface area contributed by atoms with E-state index in [0.717, 1.165) is 0 Å². The minimum atomic E-state index is -1.17. The highest BCUT2D eigenvalue weighted by Crippen LogP contribution is 2.24. The van der Waals surface area contributed by atoms with Crippen molar-refractivity contribution in [3.63, 3.8) is 0 Å². The number of nitrogens with zero attached hydrogens (tertiary/aromatic N) is 1. The predicted molar refractivity (Wildman–Crippen MR) is 83.9 cm³/mol. The molecule has 1 saturated heterocycles. The van der Waals surface area contributed by atoms with Crippen molar-refractivity contribution in [2.24, 2.45) is 0 Å². The number of aliphatic hydroxyl groups is 1. The third-order valence-corrected chi connectivity index (χ3v) is 3.51. The summed E-state index contributed by atoms with van der Waals surface area (Å²) in [6.45, 7) is 6.07. The molecule has 0 radical (unpaired) electrons. The molecule has 0 bridgehead atoms. The Morgan fingerprint density at radius 3 is 2.83 bits per heavy atom. The van der Waals surface area contributed by atoms with Crippen LogP contribution in [0.3, 0.4) is 0 Å². The highest BCUT2D eigenvalue weighted by Gasteiger charge is 2.37. The number of piperidine rings is 1. The minimum absolute atomic E-state index is 0.00422. The molecule has 6 heteroatoms. The molecular weight excluding hydrogens is 301 g/mol. The molecule has 2 rings (SSSR count). The molecule has 1 atom stereocenters. The van der Waals surface area contributed by atoms with Crippen molar-refractivity contribution in [2.75, 3.05) is 19.7 Å². The Hall–Kier alpha value is -1.82. The van der Waals surface area contributed by atoms with Gasteiger partial charge in [-0.15, -0.1) is 0 Å². The van der Waals surface area contributed by atoms with Gasteiger partial charge >= 0.3 is 6.09 Å². The van der Waals surface area contributed by atoms with Crippen LogP contribution in [-0.2, 0) is 4.74 Å². The van der Waals surface area contributed by atoms with E-state index in [2.05, 4.69) is 0 Å². The van der Waals surface area contributed by atoms with Gasteiger partial charge in [0.25, 0.3) is 0 Å². The summed E-state index contributed by atoms with van der Waals surface area (Å²) in [6, 6.07) is 5.76. The van der Waals surface area contributed by atoms with Crippen LogP contribution in [0.4, 0.5) is 9.18 Å². The number of likely N-dealkylation sites (tertiary alicyclic amines) is 1. The Morgan fingerprint density at radius 1 is 1.43 bits per heavy atom. The van der Waals surface area contributed by atoms with Crippen molar-refractivity contribution in [1.82, 2.24) is 4.90 Å². The molecule has 1 heterocycles. The predicted octanol–water partition coefficient (Wildman–Crippen LogP) is 2.97. The van der Waals surface area contributed by atoms with Gasteiger partial charge in [0.15, 0.2) is 0 Å². The molecule has 1 aromatic carbocycles. The second-order valence-corrected chi connectivity index (χ2v) is 6.98. The normalized spacial score (nSPS) is 21.9. The van der Waals surface area contributed by atoms with Gasteiger partial charge in [0.2, 0.25) is 0 Å². The minimum Gasteiger partial charge on any atom is -0.490 e. The molecular formula is C17H24FNO4. The molecule has 23 heavy (non-hydrogen) atoms. The van der Waals surface area contributed by atoms with Gasteiger partial charge in [0.1, 0.15) is 29.4 Å². The third-order valence-electron chi connectivity index (χ3n) is 3.51. The second-order valence-electron chi connectivity index (χ2n) is 6.98. The summed E-state index contributed by atoms with van der Waals surface area (Å²) in [6.07, 6.45) is 0.727. The van der Waals surface area contributed by atoms with Gasteiger partial charge in [0, 0.05) is 12.6 Å². The smallest absolute Gasteiger partial charge is 0.410 e. The summed E-state index contributed by atoms with van der Waals surface area (Å²) in [4.78, 5) is 13.6. The Morgan fingerprint density at radius 2 is 2.17 bits per heavy atom. The van der Waals surface area contributed by atoms with Gasteiger partial charge < -0.3 is 19.5 Å². The summed E-state index contributed by atoms with van der Waals surface area (Å²) in [5.41, 5.74) is -1.74. The fourth-order valence-corrected chi connectivity index (χ4v) is 2.49. The Bertz CT molecular complexity index is 558. The second kappa shape index (κ2) is 6.74. The van der Waals surface area contributed by atoms with Crippen molar-refractivity contribution < 1.29 is 23.8 Å². The lowest BCUT2D eigenvalue weighted by molar-refractivity contribution is -0.0649.